The van der Waals surface area contributed by atoms with E-state index in [-0.39, 0.29) is 16.8 Å². The van der Waals surface area contributed by atoms with Crippen LogP contribution in [0.5, 0.6) is 0 Å². The van der Waals surface area contributed by atoms with Gasteiger partial charge in [0, 0.05) is 43.8 Å². The second kappa shape index (κ2) is 20.0. The van der Waals surface area contributed by atoms with Gasteiger partial charge in [0.1, 0.15) is 0 Å². The van der Waals surface area contributed by atoms with E-state index in [0.29, 0.717) is 128 Å². The van der Waals surface area contributed by atoms with Crippen molar-refractivity contribution >= 4 is 60.7 Å². The summed E-state index contributed by atoms with van der Waals surface area (Å²) in [6.07, 6.45) is 0. The number of fused-ring (bicyclic) bond motifs is 6. The Balaban J connectivity index is 1.27. The average Bonchev–Trinajstić information content (AvgIpc) is 4.06. The van der Waals surface area contributed by atoms with E-state index in [0.717, 1.165) is 21.5 Å². The molecule has 12 heteroatoms. The number of nitriles is 7. The van der Waals surface area contributed by atoms with Crippen LogP contribution < -0.4 is 0 Å². The Labute approximate surface area is 469 Å². The molecule has 0 atom stereocenters. The Morgan fingerprint density at radius 1 is 0.305 bits per heavy atom. The number of aromatic nitrogens is 2. The first-order chi connectivity index (χ1) is 40.2. The summed E-state index contributed by atoms with van der Waals surface area (Å²) in [6.45, 7) is 23.5. The minimum absolute atomic E-state index is 0.249. The first kappa shape index (κ1) is 49.6. The summed E-state index contributed by atoms with van der Waals surface area (Å²) in [5.74, 6) is 0. The molecule has 0 amide bonds. The fraction of sp³-hybridized carbons (Fsp3) is 0. The van der Waals surface area contributed by atoms with Gasteiger partial charge in [-0.05, 0) is 135 Å². The number of hydrogen-bond acceptors (Lipinski definition) is 7. The zero-order chi connectivity index (χ0) is 56.8. The van der Waals surface area contributed by atoms with E-state index in [1.165, 1.54) is 0 Å². The molecule has 0 aliphatic rings. The molecule has 0 spiro atoms. The molecular formula is C70H30N12. The molecule has 12 nitrogen and oxygen atoms in total. The maximum Gasteiger partial charge on any atom is 0.196 e. The van der Waals surface area contributed by atoms with Crippen LogP contribution >= 0.6 is 0 Å². The maximum atomic E-state index is 11.3. The van der Waals surface area contributed by atoms with Crippen LogP contribution in [-0.4, -0.2) is 9.13 Å². The van der Waals surface area contributed by atoms with Crippen molar-refractivity contribution < 1.29 is 0 Å². The predicted molar refractivity (Wildman–Crippen MR) is 314 cm³/mol. The van der Waals surface area contributed by atoms with E-state index in [9.17, 15) is 36.8 Å². The number of benzene rings is 10. The zero-order valence-electron chi connectivity index (χ0n) is 42.7. The fourth-order valence-corrected chi connectivity index (χ4v) is 11.1. The molecule has 2 aromatic heterocycles. The Hall–Kier alpha value is -13.3. The highest BCUT2D eigenvalue weighted by Crippen LogP contribution is 2.47. The van der Waals surface area contributed by atoms with Crippen LogP contribution in [-0.2, 0) is 0 Å². The standard InChI is InChI=1S/C70H30N12/c1-78-53-13-21-56(51(28-53)39-76)46-10-18-60-59-17-9-45(55-15-7-42(35-72)24-50(55)38-75)30-64(59)81(65(60)31-46)68-26-44(37-74)27-69(70(68)49-6-4-5-41(23-49)34-71)82-66-32-47(57-22-14-54(79-2)29-52(57)40-77)11-19-61(66)62-20-12-48(33-67(62)82)58-16-8-43(36-73)25-63(58)80-3/h4-33H. The first-order valence-corrected chi connectivity index (χ1v) is 25.1. The van der Waals surface area contributed by atoms with Gasteiger partial charge < -0.3 is 9.13 Å². The molecule has 2 heterocycles. The van der Waals surface area contributed by atoms with Crippen LogP contribution in [0.2, 0.25) is 0 Å². The van der Waals surface area contributed by atoms with E-state index in [1.54, 1.807) is 103 Å². The third-order valence-corrected chi connectivity index (χ3v) is 14.8. The largest absolute Gasteiger partial charge is 0.308 e. The lowest BCUT2D eigenvalue weighted by Gasteiger charge is -2.21. The summed E-state index contributed by atoms with van der Waals surface area (Å²) in [5.41, 5.74) is 12.9. The number of nitrogens with zero attached hydrogens (tertiary/aromatic N) is 12. The lowest BCUT2D eigenvalue weighted by molar-refractivity contribution is 1.13. The van der Waals surface area contributed by atoms with E-state index in [2.05, 4.69) is 61.6 Å². The second-order valence-corrected chi connectivity index (χ2v) is 19.1. The fourth-order valence-electron chi connectivity index (χ4n) is 11.1. The van der Waals surface area contributed by atoms with Gasteiger partial charge in [0.05, 0.1) is 118 Å². The number of rotatable bonds is 7. The van der Waals surface area contributed by atoms with Crippen LogP contribution in [0, 0.1) is 99.0 Å². The summed E-state index contributed by atoms with van der Waals surface area (Å²) in [7, 11) is 0. The van der Waals surface area contributed by atoms with Crippen molar-refractivity contribution in [3.63, 3.8) is 0 Å². The summed E-state index contributed by atoms with van der Waals surface area (Å²) >= 11 is 0. The van der Waals surface area contributed by atoms with Crippen LogP contribution in [0.25, 0.3) is 125 Å². The molecule has 0 N–H and O–H groups in total. The first-order valence-electron chi connectivity index (χ1n) is 25.1. The van der Waals surface area contributed by atoms with E-state index < -0.39 is 0 Å². The molecule has 10 aromatic carbocycles. The van der Waals surface area contributed by atoms with Gasteiger partial charge in [-0.15, -0.1) is 0 Å². The molecule has 0 aliphatic heterocycles. The van der Waals surface area contributed by atoms with Gasteiger partial charge in [0.25, 0.3) is 0 Å². The minimum Gasteiger partial charge on any atom is -0.308 e. The highest BCUT2D eigenvalue weighted by molar-refractivity contribution is 6.14. The van der Waals surface area contributed by atoms with Crippen LogP contribution in [0.15, 0.2) is 182 Å². The van der Waals surface area contributed by atoms with Gasteiger partial charge >= 0.3 is 0 Å². The minimum atomic E-state index is 0.249. The van der Waals surface area contributed by atoms with Crippen LogP contribution in [0.4, 0.5) is 17.1 Å². The molecule has 0 aliphatic carbocycles. The van der Waals surface area contributed by atoms with Crippen molar-refractivity contribution in [3.8, 4) is 109 Å². The summed E-state index contributed by atoms with van der Waals surface area (Å²) < 4.78 is 4.10. The van der Waals surface area contributed by atoms with Gasteiger partial charge in [0.15, 0.2) is 17.1 Å². The Bertz CT molecular complexity index is 4750. The van der Waals surface area contributed by atoms with Crippen molar-refractivity contribution in [1.82, 2.24) is 9.13 Å². The molecule has 0 bridgehead atoms. The second-order valence-electron chi connectivity index (χ2n) is 19.1. The van der Waals surface area contributed by atoms with Crippen molar-refractivity contribution in [3.05, 3.63) is 255 Å². The van der Waals surface area contributed by atoms with Crippen molar-refractivity contribution in [1.29, 1.82) is 36.8 Å². The Kier molecular flexibility index (Phi) is 12.1. The molecule has 0 unspecified atom stereocenters. The normalized spacial score (nSPS) is 10.6. The number of hydrogen-bond donors (Lipinski definition) is 0. The molecule has 0 fully saturated rings. The van der Waals surface area contributed by atoms with E-state index >= 15 is 0 Å². The van der Waals surface area contributed by atoms with Gasteiger partial charge in [-0.2, -0.15) is 36.8 Å². The molecule has 370 valence electrons. The molecular weight excluding hydrogens is 1010 g/mol. The van der Waals surface area contributed by atoms with E-state index in [4.69, 9.17) is 19.7 Å². The van der Waals surface area contributed by atoms with Crippen LogP contribution in [0.3, 0.4) is 0 Å². The van der Waals surface area contributed by atoms with Gasteiger partial charge in [-0.25, -0.2) is 14.5 Å². The quantitative estimate of drug-likeness (QED) is 0.142. The molecule has 12 aromatic rings. The summed E-state index contributed by atoms with van der Waals surface area (Å²) in [5, 5.41) is 76.1. The Morgan fingerprint density at radius 3 is 1.11 bits per heavy atom. The van der Waals surface area contributed by atoms with E-state index in [1.807, 2.05) is 83.4 Å². The molecule has 0 saturated heterocycles. The Morgan fingerprint density at radius 2 is 0.695 bits per heavy atom. The lowest BCUT2D eigenvalue weighted by atomic mass is 9.96. The average molecular weight is 1040 g/mol. The smallest absolute Gasteiger partial charge is 0.196 e. The molecule has 82 heavy (non-hydrogen) atoms. The van der Waals surface area contributed by atoms with Crippen molar-refractivity contribution in [2.45, 2.75) is 0 Å². The summed E-state index contributed by atoms with van der Waals surface area (Å²) in [4.78, 5) is 11.0. The highest BCUT2D eigenvalue weighted by atomic mass is 15.0. The maximum absolute atomic E-state index is 11.3. The van der Waals surface area contributed by atoms with Gasteiger partial charge in [0.2, 0.25) is 0 Å². The zero-order valence-corrected chi connectivity index (χ0v) is 42.7. The molecule has 12 rings (SSSR count). The lowest BCUT2D eigenvalue weighted by Crippen LogP contribution is -2.05. The topological polar surface area (TPSA) is 189 Å². The van der Waals surface area contributed by atoms with Gasteiger partial charge in [-0.1, -0.05) is 97.1 Å². The highest BCUT2D eigenvalue weighted by Gasteiger charge is 2.26. The monoisotopic (exact) mass is 1040 g/mol. The predicted octanol–water partition coefficient (Wildman–Crippen LogP) is 17.0. The molecule has 0 saturated carbocycles. The van der Waals surface area contributed by atoms with Crippen molar-refractivity contribution in [2.75, 3.05) is 0 Å². The van der Waals surface area contributed by atoms with Crippen molar-refractivity contribution in [2.24, 2.45) is 0 Å². The third-order valence-electron chi connectivity index (χ3n) is 14.8. The summed E-state index contributed by atoms with van der Waals surface area (Å²) in [6, 6.07) is 70.0. The van der Waals surface area contributed by atoms with Gasteiger partial charge in [-0.3, -0.25) is 0 Å². The third kappa shape index (κ3) is 8.09. The molecule has 0 radical (unpaired) electrons. The van der Waals surface area contributed by atoms with Crippen LogP contribution in [0.1, 0.15) is 38.9 Å². The SMILES string of the molecule is [C-]#[N+]c1ccc(-c2ccc3c4ccc(-c5ccc(C#N)cc5C#N)cc4n(-c4cc(C#N)cc(-n5c6cc(-c7ccc([N+]#[C-])cc7C#N)ccc6c6ccc(-c7ccc(C#N)cc7[N+]#[C-])cc65)c4-c4cccc(C#N)c4)c3c2)c(C#N)c1.